The maximum Gasteiger partial charge on any atom is 0.160 e. The van der Waals surface area contributed by atoms with Gasteiger partial charge in [-0.1, -0.05) is 0 Å². The molecule has 0 atom stereocenters. The van der Waals surface area contributed by atoms with Gasteiger partial charge in [-0.15, -0.1) is 11.3 Å². The van der Waals surface area contributed by atoms with Gasteiger partial charge in [0.15, 0.2) is 5.78 Å². The van der Waals surface area contributed by atoms with Crippen LogP contribution in [0.5, 0.6) is 0 Å². The Labute approximate surface area is 69.1 Å². The third-order valence-corrected chi connectivity index (χ3v) is 2.25. The molecule has 1 heterocycles. The number of rotatable bonds is 2. The van der Waals surface area contributed by atoms with E-state index in [2.05, 4.69) is 0 Å². The highest BCUT2D eigenvalue weighted by Gasteiger charge is 2.02. The number of hydrogen-bond donors (Lipinski definition) is 0. The molecule has 0 unspecified atom stereocenters. The predicted molar refractivity (Wildman–Crippen MR) is 43.6 cm³/mol. The van der Waals surface area contributed by atoms with Crippen molar-refractivity contribution in [1.29, 1.82) is 5.26 Å². The molecule has 11 heavy (non-hydrogen) atoms. The van der Waals surface area contributed by atoms with Gasteiger partial charge in [0.25, 0.3) is 0 Å². The fraction of sp³-hybridized carbons (Fsp3) is 0.250. The van der Waals surface area contributed by atoms with Crippen LogP contribution >= 0.6 is 11.3 Å². The Morgan fingerprint density at radius 3 is 3.00 bits per heavy atom. The molecule has 0 saturated heterocycles. The molecule has 0 aliphatic rings. The molecule has 0 spiro atoms. The number of carbonyl (C=O) groups excluding carboxylic acids is 1. The van der Waals surface area contributed by atoms with Crippen LogP contribution in [0.2, 0.25) is 0 Å². The van der Waals surface area contributed by atoms with E-state index >= 15 is 0 Å². The summed E-state index contributed by atoms with van der Waals surface area (Å²) >= 11 is 1.46. The Bertz CT molecular complexity index is 308. The highest BCUT2D eigenvalue weighted by Crippen LogP contribution is 2.15. The van der Waals surface area contributed by atoms with Crippen molar-refractivity contribution < 1.29 is 4.79 Å². The van der Waals surface area contributed by atoms with Crippen LogP contribution in [-0.4, -0.2) is 5.78 Å². The minimum atomic E-state index is 0.0606. The first-order valence-corrected chi connectivity index (χ1v) is 4.07. The quantitative estimate of drug-likeness (QED) is 0.629. The fourth-order valence-corrected chi connectivity index (χ4v) is 1.59. The number of ketones is 1. The van der Waals surface area contributed by atoms with Gasteiger partial charge in [-0.2, -0.15) is 5.26 Å². The second-order valence-corrected chi connectivity index (χ2v) is 3.19. The Kier molecular flexibility index (Phi) is 2.40. The second kappa shape index (κ2) is 3.31. The van der Waals surface area contributed by atoms with Gasteiger partial charge in [-0.05, 0) is 13.0 Å². The average molecular weight is 165 g/mol. The highest BCUT2D eigenvalue weighted by atomic mass is 32.1. The Morgan fingerprint density at radius 1 is 1.82 bits per heavy atom. The van der Waals surface area contributed by atoms with Gasteiger partial charge in [-0.3, -0.25) is 4.79 Å². The molecular weight excluding hydrogens is 158 g/mol. The van der Waals surface area contributed by atoms with E-state index in [9.17, 15) is 4.79 Å². The van der Waals surface area contributed by atoms with E-state index in [1.165, 1.54) is 18.3 Å². The van der Waals surface area contributed by atoms with Gasteiger partial charge >= 0.3 is 0 Å². The van der Waals surface area contributed by atoms with E-state index in [-0.39, 0.29) is 5.78 Å². The van der Waals surface area contributed by atoms with E-state index in [0.29, 0.717) is 12.0 Å². The van der Waals surface area contributed by atoms with E-state index in [1.54, 1.807) is 11.4 Å². The molecule has 2 nitrogen and oxygen atoms in total. The molecule has 1 rings (SSSR count). The minimum absolute atomic E-state index is 0.0606. The smallest absolute Gasteiger partial charge is 0.160 e. The predicted octanol–water partition coefficient (Wildman–Crippen LogP) is 2.02. The zero-order valence-corrected chi connectivity index (χ0v) is 6.94. The molecule has 0 aliphatic heterocycles. The third-order valence-electron chi connectivity index (χ3n) is 1.31. The molecule has 0 aromatic carbocycles. The van der Waals surface area contributed by atoms with Crippen molar-refractivity contribution in [3.8, 4) is 6.07 Å². The zero-order valence-electron chi connectivity index (χ0n) is 6.13. The Balaban J connectivity index is 2.83. The van der Waals surface area contributed by atoms with E-state index in [1.807, 2.05) is 6.07 Å². The summed E-state index contributed by atoms with van der Waals surface area (Å²) in [6.07, 6.45) is 0.401. The van der Waals surface area contributed by atoms with Crippen LogP contribution < -0.4 is 0 Å². The van der Waals surface area contributed by atoms with Crippen LogP contribution in [0.25, 0.3) is 0 Å². The first-order chi connectivity index (χ1) is 5.24. The SMILES string of the molecule is CC(=O)c1csc(CC#N)c1. The number of carbonyl (C=O) groups is 1. The second-order valence-electron chi connectivity index (χ2n) is 2.19. The lowest BCUT2D eigenvalue weighted by Crippen LogP contribution is -1.86. The van der Waals surface area contributed by atoms with Gasteiger partial charge in [0.1, 0.15) is 0 Å². The van der Waals surface area contributed by atoms with E-state index in [0.717, 1.165) is 4.88 Å². The number of nitriles is 1. The van der Waals surface area contributed by atoms with Crippen LogP contribution in [-0.2, 0) is 6.42 Å². The van der Waals surface area contributed by atoms with Crippen molar-refractivity contribution in [2.24, 2.45) is 0 Å². The summed E-state index contributed by atoms with van der Waals surface area (Å²) in [5.74, 6) is 0.0606. The van der Waals surface area contributed by atoms with Crippen molar-refractivity contribution in [2.75, 3.05) is 0 Å². The summed E-state index contributed by atoms with van der Waals surface area (Å²) in [6.45, 7) is 1.53. The molecule has 0 N–H and O–H groups in total. The van der Waals surface area contributed by atoms with Crippen molar-refractivity contribution in [1.82, 2.24) is 0 Å². The van der Waals surface area contributed by atoms with Crippen molar-refractivity contribution >= 4 is 17.1 Å². The standard InChI is InChI=1S/C8H7NOS/c1-6(10)7-4-8(2-3-9)11-5-7/h4-5H,2H2,1H3. The van der Waals surface area contributed by atoms with Crippen molar-refractivity contribution in [2.45, 2.75) is 13.3 Å². The summed E-state index contributed by atoms with van der Waals surface area (Å²) < 4.78 is 0. The van der Waals surface area contributed by atoms with Crippen LogP contribution in [0.3, 0.4) is 0 Å². The topological polar surface area (TPSA) is 40.9 Å². The highest BCUT2D eigenvalue weighted by molar-refractivity contribution is 7.10. The monoisotopic (exact) mass is 165 g/mol. The van der Waals surface area contributed by atoms with Crippen LogP contribution in [0, 0.1) is 11.3 Å². The Morgan fingerprint density at radius 2 is 2.55 bits per heavy atom. The molecule has 0 saturated carbocycles. The zero-order chi connectivity index (χ0) is 8.27. The maximum atomic E-state index is 10.8. The van der Waals surface area contributed by atoms with Gasteiger partial charge < -0.3 is 0 Å². The first-order valence-electron chi connectivity index (χ1n) is 3.19. The molecular formula is C8H7NOS. The average Bonchev–Trinajstić information content (AvgIpc) is 2.37. The third kappa shape index (κ3) is 1.89. The number of Topliss-reactive ketones (excluding diaryl/α,β-unsaturated/α-hetero) is 1. The normalized spacial score (nSPS) is 9.09. The van der Waals surface area contributed by atoms with Crippen LogP contribution in [0.15, 0.2) is 11.4 Å². The van der Waals surface area contributed by atoms with Gasteiger partial charge in [-0.25, -0.2) is 0 Å². The Hall–Kier alpha value is -1.14. The van der Waals surface area contributed by atoms with Crippen LogP contribution in [0.4, 0.5) is 0 Å². The molecule has 0 fully saturated rings. The van der Waals surface area contributed by atoms with Gasteiger partial charge in [0, 0.05) is 15.8 Å². The molecule has 1 aromatic rings. The molecule has 3 heteroatoms. The summed E-state index contributed by atoms with van der Waals surface area (Å²) in [4.78, 5) is 11.7. The molecule has 1 aromatic heterocycles. The lowest BCUT2D eigenvalue weighted by molar-refractivity contribution is 0.101. The molecule has 0 amide bonds. The largest absolute Gasteiger partial charge is 0.294 e. The minimum Gasteiger partial charge on any atom is -0.294 e. The van der Waals surface area contributed by atoms with Gasteiger partial charge in [0.05, 0.1) is 12.5 Å². The lowest BCUT2D eigenvalue weighted by atomic mass is 10.2. The number of hydrogen-bond acceptors (Lipinski definition) is 3. The summed E-state index contributed by atoms with van der Waals surface area (Å²) in [5, 5.41) is 10.1. The molecule has 0 aliphatic carbocycles. The van der Waals surface area contributed by atoms with Crippen LogP contribution in [0.1, 0.15) is 22.2 Å². The fourth-order valence-electron chi connectivity index (χ4n) is 0.736. The summed E-state index contributed by atoms with van der Waals surface area (Å²) in [5.41, 5.74) is 0.709. The summed E-state index contributed by atoms with van der Waals surface area (Å²) in [7, 11) is 0. The lowest BCUT2D eigenvalue weighted by Gasteiger charge is -1.82. The first kappa shape index (κ1) is 7.96. The van der Waals surface area contributed by atoms with E-state index < -0.39 is 0 Å². The molecule has 56 valence electrons. The van der Waals surface area contributed by atoms with Gasteiger partial charge in [0.2, 0.25) is 0 Å². The molecule has 0 bridgehead atoms. The number of nitrogens with zero attached hydrogens (tertiary/aromatic N) is 1. The van der Waals surface area contributed by atoms with Crippen molar-refractivity contribution in [3.05, 3.63) is 21.9 Å². The maximum absolute atomic E-state index is 10.8. The molecule has 0 radical (unpaired) electrons. The number of thiophene rings is 1. The van der Waals surface area contributed by atoms with E-state index in [4.69, 9.17) is 5.26 Å². The van der Waals surface area contributed by atoms with Crippen molar-refractivity contribution in [3.63, 3.8) is 0 Å². The summed E-state index contributed by atoms with van der Waals surface area (Å²) in [6, 6.07) is 3.81.